The first kappa shape index (κ1) is 19.1. The Balaban J connectivity index is 2.54. The van der Waals surface area contributed by atoms with E-state index in [-0.39, 0.29) is 13.2 Å². The summed E-state index contributed by atoms with van der Waals surface area (Å²) in [5.74, 6) is -1.23. The molecule has 0 spiro atoms. The van der Waals surface area contributed by atoms with E-state index in [0.717, 1.165) is 18.7 Å². The zero-order valence-corrected chi connectivity index (χ0v) is 14.0. The lowest BCUT2D eigenvalue weighted by Gasteiger charge is -2.22. The fourth-order valence-corrected chi connectivity index (χ4v) is 2.26. The van der Waals surface area contributed by atoms with Gasteiger partial charge in [-0.05, 0) is 18.7 Å². The zero-order valence-electron chi connectivity index (χ0n) is 14.0. The molecule has 6 nitrogen and oxygen atoms in total. The van der Waals surface area contributed by atoms with Gasteiger partial charge in [-0.25, -0.2) is 0 Å². The Kier molecular flexibility index (Phi) is 8.94. The minimum atomic E-state index is -0.624. The fourth-order valence-electron chi connectivity index (χ4n) is 2.26. The molecule has 128 valence electrons. The van der Waals surface area contributed by atoms with Crippen LogP contribution in [-0.4, -0.2) is 66.1 Å². The Morgan fingerprint density at radius 1 is 1.09 bits per heavy atom. The van der Waals surface area contributed by atoms with E-state index in [4.69, 9.17) is 5.11 Å². The largest absolute Gasteiger partial charge is 0.395 e. The molecule has 0 aromatic heterocycles. The number of hydrogen-bond donors (Lipinski definition) is 2. The molecule has 2 amide bonds. The van der Waals surface area contributed by atoms with Crippen LogP contribution >= 0.6 is 0 Å². The van der Waals surface area contributed by atoms with Crippen LogP contribution in [0, 0.1) is 0 Å². The van der Waals surface area contributed by atoms with Gasteiger partial charge >= 0.3 is 11.8 Å². The molecular formula is C17H27N3O3. The van der Waals surface area contributed by atoms with Crippen molar-refractivity contribution in [3.05, 3.63) is 35.9 Å². The van der Waals surface area contributed by atoms with E-state index in [1.807, 2.05) is 30.3 Å². The fraction of sp³-hybridized carbons (Fsp3) is 0.529. The second kappa shape index (κ2) is 10.7. The maximum atomic E-state index is 12.2. The van der Waals surface area contributed by atoms with Crippen LogP contribution in [-0.2, 0) is 16.1 Å². The predicted molar refractivity (Wildman–Crippen MR) is 89.7 cm³/mol. The summed E-state index contributed by atoms with van der Waals surface area (Å²) in [7, 11) is 0. The lowest BCUT2D eigenvalue weighted by atomic mass is 10.2. The number of likely N-dealkylation sites (N-methyl/N-ethyl adjacent to an activating group) is 1. The molecule has 0 fully saturated rings. The van der Waals surface area contributed by atoms with Crippen molar-refractivity contribution < 1.29 is 14.7 Å². The molecule has 0 saturated carbocycles. The van der Waals surface area contributed by atoms with Crippen molar-refractivity contribution >= 4 is 11.8 Å². The van der Waals surface area contributed by atoms with E-state index in [9.17, 15) is 9.59 Å². The number of aliphatic hydroxyl groups excluding tert-OH is 1. The maximum absolute atomic E-state index is 12.2. The highest BCUT2D eigenvalue weighted by Gasteiger charge is 2.21. The molecule has 0 atom stereocenters. The number of carbonyl (C=O) groups is 2. The highest BCUT2D eigenvalue weighted by Crippen LogP contribution is 2.04. The van der Waals surface area contributed by atoms with Gasteiger partial charge in [0.05, 0.1) is 6.61 Å². The molecule has 1 aromatic carbocycles. The number of nitrogens with one attached hydrogen (secondary N) is 1. The Morgan fingerprint density at radius 2 is 1.74 bits per heavy atom. The molecule has 1 aromatic rings. The zero-order chi connectivity index (χ0) is 17.1. The third kappa shape index (κ3) is 6.80. The monoisotopic (exact) mass is 321 g/mol. The standard InChI is InChI=1S/C17H27N3O3/c1-3-19(4-2)11-10-18-16(22)17(23)20(12-13-21)14-15-8-6-5-7-9-15/h5-9,21H,3-4,10-14H2,1-2H3,(H,18,22). The van der Waals surface area contributed by atoms with E-state index in [2.05, 4.69) is 24.1 Å². The molecule has 2 N–H and O–H groups in total. The Bertz CT molecular complexity index is 475. The first-order chi connectivity index (χ1) is 11.1. The summed E-state index contributed by atoms with van der Waals surface area (Å²) in [6.45, 7) is 7.34. The minimum absolute atomic E-state index is 0.136. The van der Waals surface area contributed by atoms with E-state index in [1.165, 1.54) is 4.90 Å². The molecule has 0 radical (unpaired) electrons. The average molecular weight is 321 g/mol. The SMILES string of the molecule is CCN(CC)CCNC(=O)C(=O)N(CCO)Cc1ccccc1. The number of carbonyl (C=O) groups excluding carboxylic acids is 2. The summed E-state index contributed by atoms with van der Waals surface area (Å²) in [5.41, 5.74) is 0.922. The number of rotatable bonds is 9. The Hall–Kier alpha value is -1.92. The van der Waals surface area contributed by atoms with Gasteiger partial charge in [0, 0.05) is 26.2 Å². The lowest BCUT2D eigenvalue weighted by molar-refractivity contribution is -0.146. The molecule has 6 heteroatoms. The van der Waals surface area contributed by atoms with Crippen LogP contribution in [0.2, 0.25) is 0 Å². The second-order valence-corrected chi connectivity index (χ2v) is 5.22. The highest BCUT2D eigenvalue weighted by molar-refractivity contribution is 6.34. The first-order valence-corrected chi connectivity index (χ1v) is 8.06. The topological polar surface area (TPSA) is 72.9 Å². The van der Waals surface area contributed by atoms with Gasteiger partial charge in [0.1, 0.15) is 0 Å². The van der Waals surface area contributed by atoms with E-state index < -0.39 is 11.8 Å². The van der Waals surface area contributed by atoms with Gasteiger partial charge in [0.2, 0.25) is 0 Å². The van der Waals surface area contributed by atoms with Crippen molar-refractivity contribution in [1.29, 1.82) is 0 Å². The summed E-state index contributed by atoms with van der Waals surface area (Å²) >= 11 is 0. The van der Waals surface area contributed by atoms with Gasteiger partial charge in [0.15, 0.2) is 0 Å². The van der Waals surface area contributed by atoms with Crippen LogP contribution in [0.5, 0.6) is 0 Å². The first-order valence-electron chi connectivity index (χ1n) is 8.06. The van der Waals surface area contributed by atoms with Crippen LogP contribution in [0.4, 0.5) is 0 Å². The van der Waals surface area contributed by atoms with E-state index in [1.54, 1.807) is 0 Å². The van der Waals surface area contributed by atoms with E-state index >= 15 is 0 Å². The van der Waals surface area contributed by atoms with Crippen molar-refractivity contribution in [1.82, 2.24) is 15.1 Å². The smallest absolute Gasteiger partial charge is 0.312 e. The number of hydrogen-bond acceptors (Lipinski definition) is 4. The molecule has 23 heavy (non-hydrogen) atoms. The quantitative estimate of drug-likeness (QED) is 0.648. The Labute approximate surface area is 138 Å². The van der Waals surface area contributed by atoms with Crippen molar-refractivity contribution in [3.63, 3.8) is 0 Å². The predicted octanol–water partition coefficient (Wildman–Crippen LogP) is 0.466. The van der Waals surface area contributed by atoms with Gasteiger partial charge in [0.25, 0.3) is 0 Å². The summed E-state index contributed by atoms with van der Waals surface area (Å²) in [5, 5.41) is 11.8. The van der Waals surface area contributed by atoms with Crippen molar-refractivity contribution in [2.45, 2.75) is 20.4 Å². The van der Waals surface area contributed by atoms with Crippen LogP contribution in [0.15, 0.2) is 30.3 Å². The number of benzene rings is 1. The maximum Gasteiger partial charge on any atom is 0.312 e. The van der Waals surface area contributed by atoms with Crippen LogP contribution in [0.25, 0.3) is 0 Å². The molecule has 0 bridgehead atoms. The van der Waals surface area contributed by atoms with Gasteiger partial charge in [-0.3, -0.25) is 9.59 Å². The molecule has 0 aliphatic rings. The molecule has 1 rings (SSSR count). The van der Waals surface area contributed by atoms with Crippen molar-refractivity contribution in [2.24, 2.45) is 0 Å². The van der Waals surface area contributed by atoms with Gasteiger partial charge < -0.3 is 20.2 Å². The van der Waals surface area contributed by atoms with E-state index in [0.29, 0.717) is 19.6 Å². The van der Waals surface area contributed by atoms with Crippen molar-refractivity contribution in [3.8, 4) is 0 Å². The molecule has 0 aliphatic carbocycles. The van der Waals surface area contributed by atoms with Crippen molar-refractivity contribution in [2.75, 3.05) is 39.3 Å². The molecule has 0 unspecified atom stereocenters. The summed E-state index contributed by atoms with van der Waals surface area (Å²) in [4.78, 5) is 27.8. The van der Waals surface area contributed by atoms with Crippen LogP contribution < -0.4 is 5.32 Å². The van der Waals surface area contributed by atoms with Gasteiger partial charge in [-0.2, -0.15) is 0 Å². The third-order valence-electron chi connectivity index (χ3n) is 3.68. The molecule has 0 aliphatic heterocycles. The lowest BCUT2D eigenvalue weighted by Crippen LogP contribution is -2.45. The molecular weight excluding hydrogens is 294 g/mol. The number of amides is 2. The van der Waals surface area contributed by atoms with Crippen LogP contribution in [0.1, 0.15) is 19.4 Å². The van der Waals surface area contributed by atoms with Gasteiger partial charge in [-0.15, -0.1) is 0 Å². The second-order valence-electron chi connectivity index (χ2n) is 5.22. The molecule has 0 heterocycles. The van der Waals surface area contributed by atoms with Gasteiger partial charge in [-0.1, -0.05) is 44.2 Å². The summed E-state index contributed by atoms with van der Waals surface area (Å²) in [6.07, 6.45) is 0. The molecule has 0 saturated heterocycles. The number of aliphatic hydroxyl groups is 1. The average Bonchev–Trinajstić information content (AvgIpc) is 2.58. The summed E-state index contributed by atoms with van der Waals surface area (Å²) in [6, 6.07) is 9.41. The Morgan fingerprint density at radius 3 is 2.30 bits per heavy atom. The highest BCUT2D eigenvalue weighted by atomic mass is 16.3. The third-order valence-corrected chi connectivity index (χ3v) is 3.68. The minimum Gasteiger partial charge on any atom is -0.395 e. The number of nitrogens with zero attached hydrogens (tertiary/aromatic N) is 2. The summed E-state index contributed by atoms with van der Waals surface area (Å²) < 4.78 is 0. The normalized spacial score (nSPS) is 10.6. The van der Waals surface area contributed by atoms with Crippen LogP contribution in [0.3, 0.4) is 0 Å².